The summed E-state index contributed by atoms with van der Waals surface area (Å²) in [5.74, 6) is -1.20. The zero-order valence-corrected chi connectivity index (χ0v) is 14.0. The van der Waals surface area contributed by atoms with Gasteiger partial charge >= 0.3 is 11.8 Å². The Hall–Kier alpha value is -1.84. The average Bonchev–Trinajstić information content (AvgIpc) is 2.31. The van der Waals surface area contributed by atoms with Gasteiger partial charge in [0.2, 0.25) is 0 Å². The Morgan fingerprint density at radius 1 is 0.952 bits per heavy atom. The van der Waals surface area contributed by atoms with Gasteiger partial charge in [-0.2, -0.15) is 0 Å². The van der Waals surface area contributed by atoms with Gasteiger partial charge in [0.1, 0.15) is 0 Å². The zero-order valence-electron chi connectivity index (χ0n) is 14.0. The lowest BCUT2D eigenvalue weighted by Crippen LogP contribution is -2.48. The first-order valence-corrected chi connectivity index (χ1v) is 7.22. The second-order valence-corrected chi connectivity index (χ2v) is 6.69. The van der Waals surface area contributed by atoms with Crippen LogP contribution in [0.2, 0.25) is 0 Å². The van der Waals surface area contributed by atoms with Gasteiger partial charge in [-0.05, 0) is 70.7 Å². The fraction of sp³-hybridized carbons (Fsp3) is 0.529. The molecule has 1 unspecified atom stereocenters. The molecule has 2 amide bonds. The number of aryl methyl sites for hydroxylation is 3. The number of nitrogens with one attached hydrogen (secondary N) is 2. The van der Waals surface area contributed by atoms with E-state index in [2.05, 4.69) is 29.7 Å². The topological polar surface area (TPSA) is 58.2 Å². The van der Waals surface area contributed by atoms with Crippen molar-refractivity contribution in [3.8, 4) is 0 Å². The number of carbonyl (C=O) groups excluding carboxylic acids is 2. The molecule has 0 bridgehead atoms. The number of benzene rings is 1. The second kappa shape index (κ2) is 6.29. The third-order valence-corrected chi connectivity index (χ3v) is 3.39. The van der Waals surface area contributed by atoms with Crippen molar-refractivity contribution in [2.24, 2.45) is 0 Å². The molecule has 0 heterocycles. The van der Waals surface area contributed by atoms with Crippen LogP contribution in [0.5, 0.6) is 0 Å². The van der Waals surface area contributed by atoms with Crippen molar-refractivity contribution in [1.29, 1.82) is 0 Å². The molecule has 4 nitrogen and oxygen atoms in total. The van der Waals surface area contributed by atoms with Crippen LogP contribution in [0.1, 0.15) is 56.0 Å². The van der Waals surface area contributed by atoms with Gasteiger partial charge in [-0.15, -0.1) is 0 Å². The molecule has 0 aliphatic rings. The Labute approximate surface area is 127 Å². The maximum atomic E-state index is 11.9. The summed E-state index contributed by atoms with van der Waals surface area (Å²) in [5, 5.41) is 5.41. The fourth-order valence-electron chi connectivity index (χ4n) is 2.19. The molecule has 1 atom stereocenters. The summed E-state index contributed by atoms with van der Waals surface area (Å²) < 4.78 is 0. The fourth-order valence-corrected chi connectivity index (χ4v) is 2.19. The van der Waals surface area contributed by atoms with E-state index < -0.39 is 17.4 Å². The van der Waals surface area contributed by atoms with Crippen molar-refractivity contribution in [1.82, 2.24) is 10.6 Å². The van der Waals surface area contributed by atoms with Gasteiger partial charge in [-0.3, -0.25) is 9.59 Å². The molecule has 116 valence electrons. The van der Waals surface area contributed by atoms with E-state index in [0.717, 1.165) is 11.1 Å². The van der Waals surface area contributed by atoms with Crippen LogP contribution in [0.3, 0.4) is 0 Å². The van der Waals surface area contributed by atoms with Gasteiger partial charge in [0.15, 0.2) is 0 Å². The molecule has 0 saturated heterocycles. The molecular formula is C17H26N2O2. The quantitative estimate of drug-likeness (QED) is 0.823. The standard InChI is InChI=1S/C17H26N2O2/c1-10-8-12(3)14(9-11(10)2)13(4)18-15(20)16(21)19-17(5,6)7/h8-9,13H,1-7H3,(H,18,20)(H,19,21). The van der Waals surface area contributed by atoms with Crippen molar-refractivity contribution >= 4 is 11.8 Å². The van der Waals surface area contributed by atoms with Gasteiger partial charge in [0.05, 0.1) is 6.04 Å². The van der Waals surface area contributed by atoms with Crippen LogP contribution >= 0.6 is 0 Å². The van der Waals surface area contributed by atoms with E-state index in [4.69, 9.17) is 0 Å². The molecular weight excluding hydrogens is 264 g/mol. The summed E-state index contributed by atoms with van der Waals surface area (Å²) in [4.78, 5) is 23.8. The molecule has 1 aromatic carbocycles. The monoisotopic (exact) mass is 290 g/mol. The molecule has 0 aliphatic carbocycles. The van der Waals surface area contributed by atoms with Crippen LogP contribution in [-0.2, 0) is 9.59 Å². The highest BCUT2D eigenvalue weighted by molar-refractivity contribution is 6.35. The lowest BCUT2D eigenvalue weighted by molar-refractivity contribution is -0.140. The normalized spacial score (nSPS) is 12.7. The van der Waals surface area contributed by atoms with E-state index in [1.807, 2.05) is 41.5 Å². The number of hydrogen-bond acceptors (Lipinski definition) is 2. The first kappa shape index (κ1) is 17.2. The van der Waals surface area contributed by atoms with Crippen LogP contribution in [-0.4, -0.2) is 17.4 Å². The van der Waals surface area contributed by atoms with Gasteiger partial charge in [0.25, 0.3) is 0 Å². The largest absolute Gasteiger partial charge is 0.343 e. The third kappa shape index (κ3) is 4.88. The van der Waals surface area contributed by atoms with E-state index in [1.54, 1.807) is 0 Å². The zero-order chi connectivity index (χ0) is 16.4. The molecule has 2 N–H and O–H groups in total. The molecule has 0 saturated carbocycles. The molecule has 1 rings (SSSR count). The molecule has 4 heteroatoms. The highest BCUT2D eigenvalue weighted by Crippen LogP contribution is 2.21. The Balaban J connectivity index is 2.82. The van der Waals surface area contributed by atoms with Crippen LogP contribution in [0.25, 0.3) is 0 Å². The minimum absolute atomic E-state index is 0.206. The van der Waals surface area contributed by atoms with Gasteiger partial charge in [0, 0.05) is 5.54 Å². The first-order valence-electron chi connectivity index (χ1n) is 7.22. The molecule has 0 aliphatic heterocycles. The first-order chi connectivity index (χ1) is 9.51. The Bertz CT molecular complexity index is 557. The number of amides is 2. The summed E-state index contributed by atoms with van der Waals surface area (Å²) in [6.45, 7) is 13.5. The second-order valence-electron chi connectivity index (χ2n) is 6.69. The minimum atomic E-state index is -0.602. The van der Waals surface area contributed by atoms with Gasteiger partial charge < -0.3 is 10.6 Å². The Morgan fingerprint density at radius 2 is 1.48 bits per heavy atom. The molecule has 21 heavy (non-hydrogen) atoms. The van der Waals surface area contributed by atoms with Crippen molar-refractivity contribution < 1.29 is 9.59 Å². The van der Waals surface area contributed by atoms with E-state index in [-0.39, 0.29) is 6.04 Å². The van der Waals surface area contributed by atoms with E-state index in [0.29, 0.717) is 0 Å². The number of hydrogen-bond donors (Lipinski definition) is 2. The maximum Gasteiger partial charge on any atom is 0.309 e. The Morgan fingerprint density at radius 3 is 2.00 bits per heavy atom. The average molecular weight is 290 g/mol. The summed E-state index contributed by atoms with van der Waals surface area (Å²) in [6, 6.07) is 3.96. The van der Waals surface area contributed by atoms with Gasteiger partial charge in [-0.25, -0.2) is 0 Å². The van der Waals surface area contributed by atoms with Crippen molar-refractivity contribution in [2.75, 3.05) is 0 Å². The van der Waals surface area contributed by atoms with Crippen molar-refractivity contribution in [3.63, 3.8) is 0 Å². The van der Waals surface area contributed by atoms with Crippen LogP contribution in [0, 0.1) is 20.8 Å². The van der Waals surface area contributed by atoms with Gasteiger partial charge in [-0.1, -0.05) is 12.1 Å². The highest BCUT2D eigenvalue weighted by atomic mass is 16.2. The van der Waals surface area contributed by atoms with Crippen LogP contribution in [0.4, 0.5) is 0 Å². The molecule has 0 fully saturated rings. The summed E-state index contributed by atoms with van der Waals surface area (Å²) in [7, 11) is 0. The van der Waals surface area contributed by atoms with Crippen molar-refractivity contribution in [3.05, 3.63) is 34.4 Å². The molecule has 0 aromatic heterocycles. The van der Waals surface area contributed by atoms with E-state index in [9.17, 15) is 9.59 Å². The molecule has 0 radical (unpaired) electrons. The van der Waals surface area contributed by atoms with E-state index >= 15 is 0 Å². The smallest absolute Gasteiger partial charge is 0.309 e. The highest BCUT2D eigenvalue weighted by Gasteiger charge is 2.22. The Kier molecular flexibility index (Phi) is 5.15. The maximum absolute atomic E-state index is 11.9. The molecule has 1 aromatic rings. The lowest BCUT2D eigenvalue weighted by atomic mass is 9.96. The predicted molar refractivity (Wildman–Crippen MR) is 85.1 cm³/mol. The van der Waals surface area contributed by atoms with Crippen LogP contribution in [0.15, 0.2) is 12.1 Å². The summed E-state index contributed by atoms with van der Waals surface area (Å²) in [6.07, 6.45) is 0. The lowest BCUT2D eigenvalue weighted by Gasteiger charge is -2.22. The third-order valence-electron chi connectivity index (χ3n) is 3.39. The molecule has 0 spiro atoms. The number of rotatable bonds is 2. The summed E-state index contributed by atoms with van der Waals surface area (Å²) >= 11 is 0. The minimum Gasteiger partial charge on any atom is -0.343 e. The predicted octanol–water partition coefficient (Wildman–Crippen LogP) is 2.70. The summed E-state index contributed by atoms with van der Waals surface area (Å²) in [5.41, 5.74) is 4.13. The van der Waals surface area contributed by atoms with Crippen molar-refractivity contribution in [2.45, 2.75) is 60.0 Å². The van der Waals surface area contributed by atoms with Crippen LogP contribution < -0.4 is 10.6 Å². The number of carbonyl (C=O) groups is 2. The SMILES string of the molecule is Cc1cc(C)c(C(C)NC(=O)C(=O)NC(C)(C)C)cc1C. The van der Waals surface area contributed by atoms with E-state index in [1.165, 1.54) is 11.1 Å².